The van der Waals surface area contributed by atoms with Gasteiger partial charge in [-0.05, 0) is 37.5 Å². The first kappa shape index (κ1) is 11.7. The van der Waals surface area contributed by atoms with E-state index < -0.39 is 0 Å². The summed E-state index contributed by atoms with van der Waals surface area (Å²) in [5, 5.41) is 0. The van der Waals surface area contributed by atoms with Crippen LogP contribution in [0.2, 0.25) is 0 Å². The van der Waals surface area contributed by atoms with E-state index in [1.165, 1.54) is 31.4 Å². The van der Waals surface area contributed by atoms with Crippen LogP contribution < -0.4 is 0 Å². The molecule has 2 rings (SSSR count). The van der Waals surface area contributed by atoms with E-state index >= 15 is 0 Å². The number of ketones is 1. The topological polar surface area (TPSA) is 20.3 Å². The summed E-state index contributed by atoms with van der Waals surface area (Å²) in [6, 6.07) is 0.658. The van der Waals surface area contributed by atoms with E-state index in [1.807, 2.05) is 6.08 Å². The molecule has 1 saturated carbocycles. The predicted molar refractivity (Wildman–Crippen MR) is 66.1 cm³/mol. The maximum Gasteiger partial charge on any atom is 0.157 e. The van der Waals surface area contributed by atoms with E-state index in [-0.39, 0.29) is 0 Å². The van der Waals surface area contributed by atoms with Crippen LogP contribution in [0, 0.1) is 5.41 Å². The van der Waals surface area contributed by atoms with Crippen molar-refractivity contribution in [2.24, 2.45) is 5.41 Å². The van der Waals surface area contributed by atoms with Crippen molar-refractivity contribution in [3.63, 3.8) is 0 Å². The maximum absolute atomic E-state index is 11.2. The SMILES string of the molecule is CN(C1=CC(=O)CC1)C1CCC(C)(C)CC1. The van der Waals surface area contributed by atoms with Gasteiger partial charge in [-0.1, -0.05) is 13.8 Å². The van der Waals surface area contributed by atoms with E-state index in [0.717, 1.165) is 12.8 Å². The number of carbonyl (C=O) groups excluding carboxylic acids is 1. The normalized spacial score (nSPS) is 25.7. The first-order valence-corrected chi connectivity index (χ1v) is 6.44. The average molecular weight is 221 g/mol. The van der Waals surface area contributed by atoms with Gasteiger partial charge < -0.3 is 4.90 Å². The number of nitrogens with zero attached hydrogens (tertiary/aromatic N) is 1. The van der Waals surface area contributed by atoms with Gasteiger partial charge >= 0.3 is 0 Å². The Bertz CT molecular complexity index is 307. The Morgan fingerprint density at radius 2 is 1.88 bits per heavy atom. The van der Waals surface area contributed by atoms with Crippen LogP contribution >= 0.6 is 0 Å². The Balaban J connectivity index is 1.94. The van der Waals surface area contributed by atoms with Crippen LogP contribution in [-0.4, -0.2) is 23.8 Å². The van der Waals surface area contributed by atoms with Gasteiger partial charge in [0.05, 0.1) is 0 Å². The summed E-state index contributed by atoms with van der Waals surface area (Å²) in [4.78, 5) is 13.6. The lowest BCUT2D eigenvalue weighted by Crippen LogP contribution is -2.36. The smallest absolute Gasteiger partial charge is 0.157 e. The Hall–Kier alpha value is -0.790. The summed E-state index contributed by atoms with van der Waals surface area (Å²) in [5.41, 5.74) is 1.78. The molecular weight excluding hydrogens is 198 g/mol. The molecule has 0 aromatic carbocycles. The molecular formula is C14H23NO. The highest BCUT2D eigenvalue weighted by Crippen LogP contribution is 2.38. The number of hydrogen-bond donors (Lipinski definition) is 0. The molecule has 0 unspecified atom stereocenters. The second-order valence-electron chi connectivity index (χ2n) is 6.11. The maximum atomic E-state index is 11.2. The van der Waals surface area contributed by atoms with Crippen molar-refractivity contribution >= 4 is 5.78 Å². The lowest BCUT2D eigenvalue weighted by molar-refractivity contribution is -0.114. The minimum Gasteiger partial charge on any atom is -0.375 e. The Morgan fingerprint density at radius 3 is 2.38 bits per heavy atom. The molecule has 2 heteroatoms. The van der Waals surface area contributed by atoms with Crippen LogP contribution in [0.25, 0.3) is 0 Å². The van der Waals surface area contributed by atoms with Gasteiger partial charge in [-0.25, -0.2) is 0 Å². The van der Waals surface area contributed by atoms with Gasteiger partial charge in [-0.2, -0.15) is 0 Å². The van der Waals surface area contributed by atoms with Gasteiger partial charge in [0.15, 0.2) is 5.78 Å². The molecule has 16 heavy (non-hydrogen) atoms. The molecule has 0 N–H and O–H groups in total. The van der Waals surface area contributed by atoms with Crippen LogP contribution in [0.1, 0.15) is 52.4 Å². The van der Waals surface area contributed by atoms with Crippen molar-refractivity contribution in [3.05, 3.63) is 11.8 Å². The summed E-state index contributed by atoms with van der Waals surface area (Å²) >= 11 is 0. The molecule has 0 saturated heterocycles. The molecule has 0 aromatic heterocycles. The lowest BCUT2D eigenvalue weighted by Gasteiger charge is -2.40. The minimum absolute atomic E-state index is 0.304. The van der Waals surface area contributed by atoms with Crippen molar-refractivity contribution < 1.29 is 4.79 Å². The Kier molecular flexibility index (Phi) is 3.09. The fourth-order valence-corrected chi connectivity index (χ4v) is 2.87. The molecule has 0 amide bonds. The third-order valence-electron chi connectivity index (χ3n) is 4.26. The van der Waals surface area contributed by atoms with Crippen LogP contribution in [0.4, 0.5) is 0 Å². The molecule has 2 aliphatic rings. The molecule has 0 aliphatic heterocycles. The molecule has 0 aromatic rings. The first-order chi connectivity index (χ1) is 7.48. The zero-order valence-corrected chi connectivity index (χ0v) is 10.8. The van der Waals surface area contributed by atoms with E-state index in [1.54, 1.807) is 0 Å². The molecule has 1 fully saturated rings. The van der Waals surface area contributed by atoms with Gasteiger partial charge in [0.1, 0.15) is 0 Å². The molecule has 0 atom stereocenters. The van der Waals surface area contributed by atoms with E-state index in [2.05, 4.69) is 25.8 Å². The van der Waals surface area contributed by atoms with Crippen LogP contribution in [0.3, 0.4) is 0 Å². The van der Waals surface area contributed by atoms with Crippen molar-refractivity contribution in [2.75, 3.05) is 7.05 Å². The van der Waals surface area contributed by atoms with Crippen LogP contribution in [0.5, 0.6) is 0 Å². The van der Waals surface area contributed by atoms with Gasteiger partial charge in [0, 0.05) is 31.3 Å². The van der Waals surface area contributed by atoms with Gasteiger partial charge in [-0.15, -0.1) is 0 Å². The van der Waals surface area contributed by atoms with Gasteiger partial charge in [0.2, 0.25) is 0 Å². The number of rotatable bonds is 2. The van der Waals surface area contributed by atoms with Crippen molar-refractivity contribution in [2.45, 2.75) is 58.4 Å². The second kappa shape index (κ2) is 4.23. The summed E-state index contributed by atoms with van der Waals surface area (Å²) in [6.45, 7) is 4.73. The summed E-state index contributed by atoms with van der Waals surface area (Å²) < 4.78 is 0. The molecule has 2 nitrogen and oxygen atoms in total. The standard InChI is InChI=1S/C14H23NO/c1-14(2)8-6-11(7-9-14)15(3)12-4-5-13(16)10-12/h10-11H,4-9H2,1-3H3. The Morgan fingerprint density at radius 1 is 1.25 bits per heavy atom. The zero-order valence-electron chi connectivity index (χ0n) is 10.8. The number of hydrogen-bond acceptors (Lipinski definition) is 2. The van der Waals surface area contributed by atoms with E-state index in [0.29, 0.717) is 17.2 Å². The zero-order chi connectivity index (χ0) is 11.8. The highest BCUT2D eigenvalue weighted by Gasteiger charge is 2.30. The first-order valence-electron chi connectivity index (χ1n) is 6.44. The fraction of sp³-hybridized carbons (Fsp3) is 0.786. The minimum atomic E-state index is 0.304. The Labute approximate surface area is 98.7 Å². The predicted octanol–water partition coefficient (Wildman–Crippen LogP) is 3.13. The van der Waals surface area contributed by atoms with E-state index in [4.69, 9.17) is 0 Å². The quantitative estimate of drug-likeness (QED) is 0.714. The number of carbonyl (C=O) groups is 1. The van der Waals surface area contributed by atoms with Crippen molar-refractivity contribution in [1.29, 1.82) is 0 Å². The fourth-order valence-electron chi connectivity index (χ4n) is 2.87. The monoisotopic (exact) mass is 221 g/mol. The molecule has 0 bridgehead atoms. The second-order valence-corrected chi connectivity index (χ2v) is 6.11. The molecule has 0 radical (unpaired) electrons. The molecule has 90 valence electrons. The largest absolute Gasteiger partial charge is 0.375 e. The van der Waals surface area contributed by atoms with Gasteiger partial charge in [0.25, 0.3) is 0 Å². The molecule has 0 heterocycles. The van der Waals surface area contributed by atoms with Crippen LogP contribution in [0.15, 0.2) is 11.8 Å². The summed E-state index contributed by atoms with van der Waals surface area (Å²) in [5.74, 6) is 0.304. The highest BCUT2D eigenvalue weighted by molar-refractivity contribution is 5.92. The van der Waals surface area contributed by atoms with Crippen molar-refractivity contribution in [1.82, 2.24) is 4.90 Å². The molecule has 0 spiro atoms. The third-order valence-corrected chi connectivity index (χ3v) is 4.26. The van der Waals surface area contributed by atoms with Crippen molar-refractivity contribution in [3.8, 4) is 0 Å². The average Bonchev–Trinajstić information content (AvgIpc) is 2.64. The molecule has 2 aliphatic carbocycles. The highest BCUT2D eigenvalue weighted by atomic mass is 16.1. The van der Waals surface area contributed by atoms with Crippen LogP contribution in [-0.2, 0) is 4.79 Å². The lowest BCUT2D eigenvalue weighted by atomic mass is 9.75. The van der Waals surface area contributed by atoms with Gasteiger partial charge in [-0.3, -0.25) is 4.79 Å². The summed E-state index contributed by atoms with van der Waals surface area (Å²) in [7, 11) is 2.16. The number of allylic oxidation sites excluding steroid dienone is 2. The third kappa shape index (κ3) is 2.47. The van der Waals surface area contributed by atoms with E-state index in [9.17, 15) is 4.79 Å². The summed E-state index contributed by atoms with van der Waals surface area (Å²) in [6.07, 6.45) is 8.68.